The number of piperidine rings is 1. The number of aliphatic hydroxyl groups excluding tert-OH is 1. The van der Waals surface area contributed by atoms with Crippen LogP contribution in [0.25, 0.3) is 0 Å². The molecular formula is C12H20N2OS. The molecule has 0 bridgehead atoms. The third kappa shape index (κ3) is 3.54. The van der Waals surface area contributed by atoms with Gasteiger partial charge in [0.1, 0.15) is 0 Å². The van der Waals surface area contributed by atoms with Gasteiger partial charge in [-0.05, 0) is 38.8 Å². The molecule has 1 aromatic heterocycles. The number of nitrogens with one attached hydrogen (secondary N) is 1. The number of aliphatic hydroxyl groups is 1. The summed E-state index contributed by atoms with van der Waals surface area (Å²) in [5.41, 5.74) is 0. The fourth-order valence-corrected chi connectivity index (χ4v) is 3.33. The average molecular weight is 240 g/mol. The van der Waals surface area contributed by atoms with Gasteiger partial charge >= 0.3 is 0 Å². The molecule has 1 aliphatic rings. The fraction of sp³-hybridized carbons (Fsp3) is 0.750. The molecule has 0 radical (unpaired) electrons. The second kappa shape index (κ2) is 5.75. The van der Waals surface area contributed by atoms with E-state index in [0.29, 0.717) is 0 Å². The highest BCUT2D eigenvalue weighted by Gasteiger charge is 2.15. The molecule has 4 heteroatoms. The van der Waals surface area contributed by atoms with Crippen molar-refractivity contribution in [2.75, 3.05) is 13.1 Å². The molecule has 0 aliphatic carbocycles. The SMILES string of the molecule is CC(O)Cc1cnc(CC2CCCNC2)s1. The van der Waals surface area contributed by atoms with E-state index in [-0.39, 0.29) is 6.10 Å². The molecule has 0 aromatic carbocycles. The van der Waals surface area contributed by atoms with Crippen LogP contribution in [0.3, 0.4) is 0 Å². The molecule has 0 spiro atoms. The first kappa shape index (κ1) is 12.0. The topological polar surface area (TPSA) is 45.2 Å². The van der Waals surface area contributed by atoms with E-state index in [0.717, 1.165) is 25.3 Å². The number of hydrogen-bond donors (Lipinski definition) is 2. The standard InChI is InChI=1S/C12H20N2OS/c1-9(15)5-11-8-14-12(16-11)6-10-3-2-4-13-7-10/h8-10,13,15H,2-7H2,1H3. The van der Waals surface area contributed by atoms with E-state index in [1.165, 1.54) is 29.3 Å². The van der Waals surface area contributed by atoms with Crippen LogP contribution >= 0.6 is 11.3 Å². The number of aromatic nitrogens is 1. The van der Waals surface area contributed by atoms with Gasteiger partial charge in [-0.15, -0.1) is 11.3 Å². The highest BCUT2D eigenvalue weighted by atomic mass is 32.1. The minimum absolute atomic E-state index is 0.260. The van der Waals surface area contributed by atoms with E-state index in [4.69, 9.17) is 0 Å². The first-order valence-electron chi connectivity index (χ1n) is 6.06. The van der Waals surface area contributed by atoms with Crippen molar-refractivity contribution in [2.24, 2.45) is 5.92 Å². The number of nitrogens with zero attached hydrogens (tertiary/aromatic N) is 1. The number of hydrogen-bond acceptors (Lipinski definition) is 4. The molecule has 1 saturated heterocycles. The van der Waals surface area contributed by atoms with Crippen LogP contribution in [0.2, 0.25) is 0 Å². The first-order valence-corrected chi connectivity index (χ1v) is 6.88. The van der Waals surface area contributed by atoms with Crippen molar-refractivity contribution in [1.82, 2.24) is 10.3 Å². The Morgan fingerprint density at radius 2 is 2.56 bits per heavy atom. The van der Waals surface area contributed by atoms with Crippen molar-refractivity contribution < 1.29 is 5.11 Å². The summed E-state index contributed by atoms with van der Waals surface area (Å²) in [5.74, 6) is 0.749. The van der Waals surface area contributed by atoms with Gasteiger partial charge in [-0.25, -0.2) is 4.98 Å². The van der Waals surface area contributed by atoms with Crippen LogP contribution in [0, 0.1) is 5.92 Å². The summed E-state index contributed by atoms with van der Waals surface area (Å²) >= 11 is 1.76. The molecule has 2 rings (SSSR count). The van der Waals surface area contributed by atoms with Gasteiger partial charge in [-0.2, -0.15) is 0 Å². The monoisotopic (exact) mass is 240 g/mol. The van der Waals surface area contributed by atoms with E-state index in [1.54, 1.807) is 11.3 Å². The summed E-state index contributed by atoms with van der Waals surface area (Å²) in [7, 11) is 0. The van der Waals surface area contributed by atoms with Gasteiger partial charge in [0.2, 0.25) is 0 Å². The number of thiazole rings is 1. The maximum atomic E-state index is 9.31. The Hall–Kier alpha value is -0.450. The van der Waals surface area contributed by atoms with Gasteiger partial charge in [0.05, 0.1) is 11.1 Å². The lowest BCUT2D eigenvalue weighted by Gasteiger charge is -2.21. The minimum atomic E-state index is -0.260. The van der Waals surface area contributed by atoms with E-state index in [1.807, 2.05) is 13.1 Å². The third-order valence-electron chi connectivity index (χ3n) is 2.96. The Balaban J connectivity index is 1.86. The van der Waals surface area contributed by atoms with Crippen LogP contribution < -0.4 is 5.32 Å². The van der Waals surface area contributed by atoms with E-state index >= 15 is 0 Å². The highest BCUT2D eigenvalue weighted by Crippen LogP contribution is 2.21. The zero-order chi connectivity index (χ0) is 11.4. The van der Waals surface area contributed by atoms with Crippen molar-refractivity contribution >= 4 is 11.3 Å². The molecule has 90 valence electrons. The summed E-state index contributed by atoms with van der Waals surface area (Å²) in [6.07, 6.45) is 6.10. The van der Waals surface area contributed by atoms with Gasteiger partial charge in [0.25, 0.3) is 0 Å². The van der Waals surface area contributed by atoms with Crippen LogP contribution in [0.5, 0.6) is 0 Å². The van der Waals surface area contributed by atoms with E-state index < -0.39 is 0 Å². The Bertz CT molecular complexity index is 319. The van der Waals surface area contributed by atoms with Gasteiger partial charge in [0.15, 0.2) is 0 Å². The molecular weight excluding hydrogens is 220 g/mol. The van der Waals surface area contributed by atoms with Crippen molar-refractivity contribution in [2.45, 2.75) is 38.7 Å². The van der Waals surface area contributed by atoms with Crippen molar-refractivity contribution in [3.63, 3.8) is 0 Å². The molecule has 2 N–H and O–H groups in total. The second-order valence-corrected chi connectivity index (χ2v) is 5.89. The Morgan fingerprint density at radius 1 is 1.69 bits per heavy atom. The van der Waals surface area contributed by atoms with Crippen molar-refractivity contribution in [3.05, 3.63) is 16.1 Å². The quantitative estimate of drug-likeness (QED) is 0.840. The summed E-state index contributed by atoms with van der Waals surface area (Å²) in [5, 5.41) is 14.0. The molecule has 1 fully saturated rings. The van der Waals surface area contributed by atoms with Gasteiger partial charge in [0, 0.05) is 23.9 Å². The van der Waals surface area contributed by atoms with Crippen LogP contribution in [0.15, 0.2) is 6.20 Å². The highest BCUT2D eigenvalue weighted by molar-refractivity contribution is 7.11. The van der Waals surface area contributed by atoms with E-state index in [2.05, 4.69) is 10.3 Å². The van der Waals surface area contributed by atoms with Gasteiger partial charge in [-0.3, -0.25) is 0 Å². The van der Waals surface area contributed by atoms with Crippen LogP contribution in [0.4, 0.5) is 0 Å². The Labute approximate surface area is 101 Å². The first-order chi connectivity index (χ1) is 7.74. The molecule has 1 aromatic rings. The molecule has 2 heterocycles. The molecule has 2 unspecified atom stereocenters. The third-order valence-corrected chi connectivity index (χ3v) is 4.00. The predicted molar refractivity (Wildman–Crippen MR) is 66.8 cm³/mol. The largest absolute Gasteiger partial charge is 0.393 e. The zero-order valence-electron chi connectivity index (χ0n) is 9.78. The Kier molecular flexibility index (Phi) is 4.32. The average Bonchev–Trinajstić information content (AvgIpc) is 2.66. The van der Waals surface area contributed by atoms with E-state index in [9.17, 15) is 5.11 Å². The predicted octanol–water partition coefficient (Wildman–Crippen LogP) is 1.61. The molecule has 1 aliphatic heterocycles. The minimum Gasteiger partial charge on any atom is -0.393 e. The summed E-state index contributed by atoms with van der Waals surface area (Å²) in [4.78, 5) is 5.65. The summed E-state index contributed by atoms with van der Waals surface area (Å²) in [6, 6.07) is 0. The molecule has 0 saturated carbocycles. The Morgan fingerprint density at radius 3 is 3.25 bits per heavy atom. The lowest BCUT2D eigenvalue weighted by atomic mass is 9.97. The summed E-state index contributed by atoms with van der Waals surface area (Å²) < 4.78 is 0. The molecule has 3 nitrogen and oxygen atoms in total. The molecule has 16 heavy (non-hydrogen) atoms. The smallest absolute Gasteiger partial charge is 0.0930 e. The van der Waals surface area contributed by atoms with Crippen LogP contribution in [-0.4, -0.2) is 29.3 Å². The van der Waals surface area contributed by atoms with Crippen molar-refractivity contribution in [1.29, 1.82) is 0 Å². The normalized spacial score (nSPS) is 23.2. The van der Waals surface area contributed by atoms with Crippen molar-refractivity contribution in [3.8, 4) is 0 Å². The fourth-order valence-electron chi connectivity index (χ4n) is 2.17. The molecule has 0 amide bonds. The van der Waals surface area contributed by atoms with Crippen LogP contribution in [-0.2, 0) is 12.8 Å². The van der Waals surface area contributed by atoms with Crippen LogP contribution in [0.1, 0.15) is 29.7 Å². The maximum absolute atomic E-state index is 9.31. The lowest BCUT2D eigenvalue weighted by Crippen LogP contribution is -2.30. The summed E-state index contributed by atoms with van der Waals surface area (Å²) in [6.45, 7) is 4.12. The van der Waals surface area contributed by atoms with Gasteiger partial charge < -0.3 is 10.4 Å². The van der Waals surface area contributed by atoms with Gasteiger partial charge in [-0.1, -0.05) is 0 Å². The second-order valence-electron chi connectivity index (χ2n) is 4.69. The number of rotatable bonds is 4. The lowest BCUT2D eigenvalue weighted by molar-refractivity contribution is 0.196. The molecule has 2 atom stereocenters. The maximum Gasteiger partial charge on any atom is 0.0930 e. The zero-order valence-corrected chi connectivity index (χ0v) is 10.6.